The second kappa shape index (κ2) is 7.43. The van der Waals surface area contributed by atoms with Crippen LogP contribution >= 0.6 is 23.2 Å². The largest absolute Gasteiger partial charge is 0.507 e. The second-order valence-electron chi connectivity index (χ2n) is 6.60. The number of Topliss-reactive ketones (excluding diaryl/α,β-unsaturated/α-hetero) is 1. The SMILES string of the molecule is Cc1ccc(C2/C(=C(/O)c3ccc(Cl)cc3)C(=O)C(=O)N2c2ccc(Cl)cc2)o1. The third kappa shape index (κ3) is 3.43. The van der Waals surface area contributed by atoms with E-state index in [4.69, 9.17) is 27.6 Å². The van der Waals surface area contributed by atoms with Crippen LogP contribution < -0.4 is 4.90 Å². The molecule has 3 aromatic rings. The fraction of sp³-hybridized carbons (Fsp3) is 0.0909. The maximum Gasteiger partial charge on any atom is 0.300 e. The van der Waals surface area contributed by atoms with Crippen molar-refractivity contribution in [1.29, 1.82) is 0 Å². The number of nitrogens with zero attached hydrogens (tertiary/aromatic N) is 1. The summed E-state index contributed by atoms with van der Waals surface area (Å²) >= 11 is 11.9. The molecule has 0 radical (unpaired) electrons. The van der Waals surface area contributed by atoms with Gasteiger partial charge in [-0.05, 0) is 67.6 Å². The molecule has 29 heavy (non-hydrogen) atoms. The lowest BCUT2D eigenvalue weighted by molar-refractivity contribution is -0.132. The first-order valence-electron chi connectivity index (χ1n) is 8.75. The molecular weight excluding hydrogens is 413 g/mol. The molecule has 2 aromatic carbocycles. The predicted molar refractivity (Wildman–Crippen MR) is 111 cm³/mol. The van der Waals surface area contributed by atoms with Gasteiger partial charge in [0.25, 0.3) is 11.7 Å². The summed E-state index contributed by atoms with van der Waals surface area (Å²) in [7, 11) is 0. The highest BCUT2D eigenvalue weighted by molar-refractivity contribution is 6.51. The number of carbonyl (C=O) groups is 2. The minimum Gasteiger partial charge on any atom is -0.507 e. The molecule has 1 aromatic heterocycles. The Morgan fingerprint density at radius 2 is 1.52 bits per heavy atom. The van der Waals surface area contributed by atoms with E-state index in [2.05, 4.69) is 0 Å². The highest BCUT2D eigenvalue weighted by Crippen LogP contribution is 2.42. The number of furan rings is 1. The number of anilines is 1. The van der Waals surface area contributed by atoms with E-state index in [1.54, 1.807) is 67.6 Å². The van der Waals surface area contributed by atoms with Gasteiger partial charge in [-0.25, -0.2) is 0 Å². The molecule has 1 fully saturated rings. The van der Waals surface area contributed by atoms with Crippen LogP contribution in [-0.2, 0) is 9.59 Å². The maximum atomic E-state index is 12.9. The molecule has 1 amide bonds. The third-order valence-electron chi connectivity index (χ3n) is 4.70. The van der Waals surface area contributed by atoms with Gasteiger partial charge in [-0.3, -0.25) is 14.5 Å². The number of hydrogen-bond acceptors (Lipinski definition) is 4. The van der Waals surface area contributed by atoms with Gasteiger partial charge in [-0.2, -0.15) is 0 Å². The zero-order valence-electron chi connectivity index (χ0n) is 15.2. The molecule has 1 N–H and O–H groups in total. The summed E-state index contributed by atoms with van der Waals surface area (Å²) in [5.74, 6) is -0.871. The van der Waals surface area contributed by atoms with E-state index in [1.165, 1.54) is 4.90 Å². The normalized spacial score (nSPS) is 18.4. The molecule has 146 valence electrons. The number of rotatable bonds is 3. The molecule has 0 saturated carbocycles. The van der Waals surface area contributed by atoms with Gasteiger partial charge >= 0.3 is 0 Å². The topological polar surface area (TPSA) is 70.8 Å². The molecule has 4 rings (SSSR count). The van der Waals surface area contributed by atoms with Crippen molar-refractivity contribution in [2.75, 3.05) is 4.90 Å². The third-order valence-corrected chi connectivity index (χ3v) is 5.20. The van der Waals surface area contributed by atoms with Gasteiger partial charge < -0.3 is 9.52 Å². The first kappa shape index (κ1) is 19.3. The van der Waals surface area contributed by atoms with Crippen LogP contribution in [0.2, 0.25) is 10.0 Å². The van der Waals surface area contributed by atoms with Crippen molar-refractivity contribution in [3.63, 3.8) is 0 Å². The fourth-order valence-electron chi connectivity index (χ4n) is 3.33. The Balaban J connectivity index is 1.92. The molecule has 1 unspecified atom stereocenters. The van der Waals surface area contributed by atoms with Gasteiger partial charge in [0.2, 0.25) is 0 Å². The molecule has 0 bridgehead atoms. The van der Waals surface area contributed by atoms with Gasteiger partial charge in [0, 0.05) is 21.3 Å². The fourth-order valence-corrected chi connectivity index (χ4v) is 3.59. The summed E-state index contributed by atoms with van der Waals surface area (Å²) in [5, 5.41) is 11.9. The van der Waals surface area contributed by atoms with Gasteiger partial charge in [0.15, 0.2) is 0 Å². The van der Waals surface area contributed by atoms with E-state index in [-0.39, 0.29) is 11.3 Å². The number of amides is 1. The van der Waals surface area contributed by atoms with Crippen molar-refractivity contribution in [3.05, 3.63) is 93.4 Å². The molecular formula is C22H15Cl2NO4. The lowest BCUT2D eigenvalue weighted by atomic mass is 9.99. The smallest absolute Gasteiger partial charge is 0.300 e. The van der Waals surface area contributed by atoms with Crippen LogP contribution in [0.4, 0.5) is 5.69 Å². The van der Waals surface area contributed by atoms with Crippen molar-refractivity contribution < 1.29 is 19.1 Å². The molecule has 7 heteroatoms. The molecule has 1 aliphatic rings. The number of aliphatic hydroxyl groups excluding tert-OH is 1. The Bertz CT molecular complexity index is 1130. The van der Waals surface area contributed by atoms with Crippen LogP contribution in [0.1, 0.15) is 23.1 Å². The highest BCUT2D eigenvalue weighted by atomic mass is 35.5. The quantitative estimate of drug-likeness (QED) is 0.339. The lowest BCUT2D eigenvalue weighted by Crippen LogP contribution is -2.29. The Morgan fingerprint density at radius 1 is 0.931 bits per heavy atom. The monoisotopic (exact) mass is 427 g/mol. The summed E-state index contributed by atoms with van der Waals surface area (Å²) in [4.78, 5) is 27.1. The Hall–Kier alpha value is -3.02. The molecule has 5 nitrogen and oxygen atoms in total. The zero-order valence-corrected chi connectivity index (χ0v) is 16.7. The van der Waals surface area contributed by atoms with Crippen molar-refractivity contribution in [2.24, 2.45) is 0 Å². The van der Waals surface area contributed by atoms with Crippen LogP contribution in [0, 0.1) is 6.92 Å². The van der Waals surface area contributed by atoms with E-state index < -0.39 is 17.7 Å². The zero-order chi connectivity index (χ0) is 20.7. The van der Waals surface area contributed by atoms with Gasteiger partial charge in [0.1, 0.15) is 23.3 Å². The summed E-state index contributed by atoms with van der Waals surface area (Å²) < 4.78 is 5.74. The minimum absolute atomic E-state index is 0.0541. The summed E-state index contributed by atoms with van der Waals surface area (Å²) in [5.41, 5.74) is 0.782. The molecule has 0 spiro atoms. The standard InChI is InChI=1S/C22H15Cl2NO4/c1-12-2-11-17(29-12)19-18(20(26)13-3-5-14(23)6-4-13)21(27)22(28)25(19)16-9-7-15(24)8-10-16/h2-11,19,26H,1H3/b20-18-. The van der Waals surface area contributed by atoms with Crippen LogP contribution in [0.5, 0.6) is 0 Å². The summed E-state index contributed by atoms with van der Waals surface area (Å²) in [6.45, 7) is 1.76. The van der Waals surface area contributed by atoms with E-state index in [1.807, 2.05) is 0 Å². The number of carbonyl (C=O) groups excluding carboxylic acids is 2. The first-order chi connectivity index (χ1) is 13.9. The first-order valence-corrected chi connectivity index (χ1v) is 9.51. The summed E-state index contributed by atoms with van der Waals surface area (Å²) in [6.07, 6.45) is 0. The van der Waals surface area contributed by atoms with Crippen LogP contribution in [0.25, 0.3) is 5.76 Å². The van der Waals surface area contributed by atoms with Crippen LogP contribution in [0.3, 0.4) is 0 Å². The second-order valence-corrected chi connectivity index (χ2v) is 7.47. The number of benzene rings is 2. The Morgan fingerprint density at radius 3 is 2.07 bits per heavy atom. The van der Waals surface area contributed by atoms with Gasteiger partial charge in [-0.1, -0.05) is 23.2 Å². The Labute approximate surface area is 176 Å². The predicted octanol–water partition coefficient (Wildman–Crippen LogP) is 5.52. The van der Waals surface area contributed by atoms with E-state index >= 15 is 0 Å². The van der Waals surface area contributed by atoms with Crippen LogP contribution in [-0.4, -0.2) is 16.8 Å². The van der Waals surface area contributed by atoms with Crippen molar-refractivity contribution in [2.45, 2.75) is 13.0 Å². The number of aliphatic hydroxyl groups is 1. The maximum absolute atomic E-state index is 12.9. The van der Waals surface area contributed by atoms with Gasteiger partial charge in [0.05, 0.1) is 5.57 Å². The minimum atomic E-state index is -0.916. The molecule has 1 aliphatic heterocycles. The highest BCUT2D eigenvalue weighted by Gasteiger charge is 2.48. The average molecular weight is 428 g/mol. The van der Waals surface area contributed by atoms with Gasteiger partial charge in [-0.15, -0.1) is 0 Å². The van der Waals surface area contributed by atoms with Crippen molar-refractivity contribution in [3.8, 4) is 0 Å². The lowest BCUT2D eigenvalue weighted by Gasteiger charge is -2.23. The molecule has 1 saturated heterocycles. The van der Waals surface area contributed by atoms with E-state index in [9.17, 15) is 14.7 Å². The molecule has 2 heterocycles. The molecule has 1 atom stereocenters. The summed E-state index contributed by atoms with van der Waals surface area (Å²) in [6, 6.07) is 15.4. The Kier molecular flexibility index (Phi) is 4.94. The van der Waals surface area contributed by atoms with E-state index in [0.29, 0.717) is 32.8 Å². The van der Waals surface area contributed by atoms with Crippen molar-refractivity contribution >= 4 is 46.3 Å². The van der Waals surface area contributed by atoms with Crippen molar-refractivity contribution in [1.82, 2.24) is 0 Å². The average Bonchev–Trinajstić information content (AvgIpc) is 3.24. The molecule has 0 aliphatic carbocycles. The number of ketones is 1. The van der Waals surface area contributed by atoms with E-state index in [0.717, 1.165) is 0 Å². The number of halogens is 2. The van der Waals surface area contributed by atoms with Crippen LogP contribution in [0.15, 0.2) is 70.7 Å². The number of hydrogen-bond donors (Lipinski definition) is 1. The number of aryl methyl sites for hydroxylation is 1.